The van der Waals surface area contributed by atoms with E-state index in [-0.39, 0.29) is 0 Å². The Morgan fingerprint density at radius 2 is 1.90 bits per heavy atom. The summed E-state index contributed by atoms with van der Waals surface area (Å²) in [6.45, 7) is 1.87. The van der Waals surface area contributed by atoms with Crippen LogP contribution in [0.15, 0.2) is 30.3 Å². The van der Waals surface area contributed by atoms with Crippen LogP contribution in [-0.4, -0.2) is 59.5 Å². The minimum absolute atomic E-state index is 0.304. The number of aryl methyl sites for hydroxylation is 1. The molecule has 0 spiro atoms. The third kappa shape index (κ3) is 6.40. The van der Waals surface area contributed by atoms with E-state index in [4.69, 9.17) is 0 Å². The van der Waals surface area contributed by atoms with Gasteiger partial charge < -0.3 is 14.6 Å². The Kier molecular flexibility index (Phi) is 8.91. The minimum atomic E-state index is -3.81. The number of benzene rings is 1. The zero-order chi connectivity index (χ0) is 21.5. The number of carbonyl (C=O) groups is 2. The quantitative estimate of drug-likeness (QED) is 0.234. The Hall–Kier alpha value is -1.18. The summed E-state index contributed by atoms with van der Waals surface area (Å²) < 4.78 is 8.54. The molecule has 1 aliphatic heterocycles. The molecule has 1 unspecified atom stereocenters. The molecular formula is C20H31NO6PS+. The first-order valence-electron chi connectivity index (χ1n) is 9.92. The van der Waals surface area contributed by atoms with Crippen LogP contribution >= 0.6 is 19.8 Å². The highest BCUT2D eigenvalue weighted by molar-refractivity contribution is 8.03. The molecule has 1 aromatic carbocycles. The van der Waals surface area contributed by atoms with Gasteiger partial charge in [-0.2, -0.15) is 0 Å². The van der Waals surface area contributed by atoms with Gasteiger partial charge in [0.15, 0.2) is 10.7 Å². The van der Waals surface area contributed by atoms with Gasteiger partial charge in [-0.25, -0.2) is 14.6 Å². The van der Waals surface area contributed by atoms with Gasteiger partial charge in [-0.15, -0.1) is 0 Å². The number of hydrogen-bond donors (Lipinski definition) is 4. The highest BCUT2D eigenvalue weighted by atomic mass is 32.2. The van der Waals surface area contributed by atoms with E-state index in [9.17, 15) is 29.0 Å². The van der Waals surface area contributed by atoms with Crippen molar-refractivity contribution in [2.75, 3.05) is 12.7 Å². The van der Waals surface area contributed by atoms with Gasteiger partial charge in [0.05, 0.1) is 0 Å². The molecule has 2 rings (SSSR count). The predicted molar refractivity (Wildman–Crippen MR) is 116 cm³/mol. The fourth-order valence-corrected chi connectivity index (χ4v) is 6.02. The second-order valence-electron chi connectivity index (χ2n) is 7.78. The van der Waals surface area contributed by atoms with Crippen LogP contribution < -0.4 is 0 Å². The molecule has 1 fully saturated rings. The van der Waals surface area contributed by atoms with E-state index in [1.54, 1.807) is 6.92 Å². The van der Waals surface area contributed by atoms with Crippen molar-refractivity contribution in [3.05, 3.63) is 35.9 Å². The summed E-state index contributed by atoms with van der Waals surface area (Å²) in [6.07, 6.45) is 4.22. The second-order valence-corrected chi connectivity index (χ2v) is 11.9. The molecule has 0 bridgehead atoms. The molecule has 0 saturated carbocycles. The van der Waals surface area contributed by atoms with Gasteiger partial charge in [0.25, 0.3) is 13.6 Å². The normalized spacial score (nSPS) is 19.2. The number of amides is 1. The van der Waals surface area contributed by atoms with E-state index in [1.165, 1.54) is 10.5 Å². The topological polar surface area (TPSA) is 118 Å². The Morgan fingerprint density at radius 3 is 2.52 bits per heavy atom. The minimum Gasteiger partial charge on any atom is -0.480 e. The lowest BCUT2D eigenvalue weighted by atomic mass is 10.1. The van der Waals surface area contributed by atoms with Crippen LogP contribution in [0.4, 0.5) is 0 Å². The molecule has 2 atom stereocenters. The summed E-state index contributed by atoms with van der Waals surface area (Å²) in [4.78, 5) is 46.5. The van der Waals surface area contributed by atoms with E-state index in [0.717, 1.165) is 19.3 Å². The maximum atomic E-state index is 12.6. The molecule has 162 valence electrons. The Balaban J connectivity index is 1.87. The molecule has 4 N–H and O–H groups in total. The molecule has 0 aliphatic carbocycles. The van der Waals surface area contributed by atoms with Gasteiger partial charge in [-0.05, 0) is 44.6 Å². The standard InChI is InChI=1S/C20H30NO6PS/c1-20(29-27,13-7-3-6-11-16-9-4-2-5-10-16)28(25,26)15-18(22)21-14-8-12-17(21)19(23)24/h2,4-5,9-10,17,25-26H,3,6-8,11-15H2,1H3,(H-,23,24,27)/p+1/t17-,20?/m0/s1. The summed E-state index contributed by atoms with van der Waals surface area (Å²) in [5.74, 6) is -1.65. The SMILES string of the molecule is CC(CCCCCc1ccccc1)(SO)[P+](O)(O)CC(=O)N1CCC[C@H]1C(=O)O. The molecule has 0 radical (unpaired) electrons. The van der Waals surface area contributed by atoms with Crippen molar-refractivity contribution >= 4 is 31.6 Å². The number of aliphatic carboxylic acids is 1. The fourth-order valence-electron chi connectivity index (χ4n) is 3.66. The maximum Gasteiger partial charge on any atom is 0.326 e. The van der Waals surface area contributed by atoms with Crippen molar-refractivity contribution in [1.29, 1.82) is 0 Å². The smallest absolute Gasteiger partial charge is 0.326 e. The lowest BCUT2D eigenvalue weighted by molar-refractivity contribution is -0.147. The van der Waals surface area contributed by atoms with Gasteiger partial charge in [0, 0.05) is 25.0 Å². The van der Waals surface area contributed by atoms with Crippen LogP contribution in [0.1, 0.15) is 51.0 Å². The van der Waals surface area contributed by atoms with Crippen LogP contribution in [-0.2, 0) is 16.0 Å². The number of likely N-dealkylation sites (tertiary alicyclic amines) is 1. The first kappa shape index (κ1) is 24.1. The first-order chi connectivity index (χ1) is 13.7. The number of carbonyl (C=O) groups excluding carboxylic acids is 1. The van der Waals surface area contributed by atoms with E-state index >= 15 is 0 Å². The number of carboxylic acid groups (broad SMARTS) is 1. The van der Waals surface area contributed by atoms with Crippen LogP contribution in [0, 0.1) is 0 Å². The Labute approximate surface area is 176 Å². The van der Waals surface area contributed by atoms with Crippen LogP contribution in [0.2, 0.25) is 0 Å². The molecule has 1 heterocycles. The third-order valence-electron chi connectivity index (χ3n) is 5.62. The van der Waals surface area contributed by atoms with Crippen molar-refractivity contribution in [2.45, 2.75) is 62.4 Å². The number of hydrogen-bond acceptors (Lipinski definition) is 6. The van der Waals surface area contributed by atoms with Gasteiger partial charge in [-0.3, -0.25) is 4.79 Å². The summed E-state index contributed by atoms with van der Waals surface area (Å²) in [7, 11) is -3.81. The van der Waals surface area contributed by atoms with Crippen molar-refractivity contribution < 1.29 is 29.0 Å². The van der Waals surface area contributed by atoms with Gasteiger partial charge in [0.2, 0.25) is 0 Å². The van der Waals surface area contributed by atoms with Crippen LogP contribution in [0.5, 0.6) is 0 Å². The molecule has 0 aromatic heterocycles. The number of carboxylic acids is 1. The lowest BCUT2D eigenvalue weighted by Gasteiger charge is -2.31. The van der Waals surface area contributed by atoms with Crippen LogP contribution in [0.3, 0.4) is 0 Å². The van der Waals surface area contributed by atoms with Crippen molar-refractivity contribution in [3.8, 4) is 0 Å². The van der Waals surface area contributed by atoms with Gasteiger partial charge >= 0.3 is 5.97 Å². The first-order valence-corrected chi connectivity index (χ1v) is 12.6. The van der Waals surface area contributed by atoms with Crippen molar-refractivity contribution in [3.63, 3.8) is 0 Å². The van der Waals surface area contributed by atoms with Crippen molar-refractivity contribution in [1.82, 2.24) is 4.90 Å². The highest BCUT2D eigenvalue weighted by Crippen LogP contribution is 2.67. The zero-order valence-corrected chi connectivity index (χ0v) is 18.4. The molecule has 1 saturated heterocycles. The molecule has 1 amide bonds. The van der Waals surface area contributed by atoms with Gasteiger partial charge in [0.1, 0.15) is 6.04 Å². The van der Waals surface area contributed by atoms with Gasteiger partial charge in [-0.1, -0.05) is 36.8 Å². The summed E-state index contributed by atoms with van der Waals surface area (Å²) in [6, 6.07) is 9.20. The van der Waals surface area contributed by atoms with Crippen molar-refractivity contribution in [2.24, 2.45) is 0 Å². The number of unbranched alkanes of at least 4 members (excludes halogenated alkanes) is 2. The lowest BCUT2D eigenvalue weighted by Crippen LogP contribution is -2.43. The molecule has 29 heavy (non-hydrogen) atoms. The van der Waals surface area contributed by atoms with E-state index in [0.29, 0.717) is 44.3 Å². The molecule has 7 nitrogen and oxygen atoms in total. The monoisotopic (exact) mass is 444 g/mol. The number of rotatable bonds is 11. The van der Waals surface area contributed by atoms with E-state index < -0.39 is 36.3 Å². The summed E-state index contributed by atoms with van der Waals surface area (Å²) in [5, 5.41) is 9.23. The molecule has 1 aromatic rings. The average Bonchev–Trinajstić information content (AvgIpc) is 3.18. The zero-order valence-electron chi connectivity index (χ0n) is 16.7. The van der Waals surface area contributed by atoms with Crippen LogP contribution in [0.25, 0.3) is 0 Å². The fraction of sp³-hybridized carbons (Fsp3) is 0.600. The summed E-state index contributed by atoms with van der Waals surface area (Å²) in [5.41, 5.74) is 1.25. The largest absolute Gasteiger partial charge is 0.480 e. The van der Waals surface area contributed by atoms with E-state index in [2.05, 4.69) is 12.1 Å². The second kappa shape index (κ2) is 10.7. The highest BCUT2D eigenvalue weighted by Gasteiger charge is 2.57. The predicted octanol–water partition coefficient (Wildman–Crippen LogP) is 3.62. The maximum absolute atomic E-state index is 12.6. The Bertz CT molecular complexity index is 689. The Morgan fingerprint density at radius 1 is 1.21 bits per heavy atom. The third-order valence-corrected chi connectivity index (χ3v) is 9.79. The summed E-state index contributed by atoms with van der Waals surface area (Å²) >= 11 is 0.388. The average molecular weight is 445 g/mol. The number of nitrogens with zero attached hydrogens (tertiary/aromatic N) is 1. The van der Waals surface area contributed by atoms with E-state index in [1.807, 2.05) is 18.2 Å². The molecular weight excluding hydrogens is 413 g/mol. The molecule has 1 aliphatic rings. The molecule has 9 heteroatoms.